The Morgan fingerprint density at radius 3 is 2.50 bits per heavy atom. The number of benzene rings is 2. The van der Waals surface area contributed by atoms with Gasteiger partial charge in [-0.25, -0.2) is 4.39 Å². The molecule has 100 valence electrons. The summed E-state index contributed by atoms with van der Waals surface area (Å²) in [5.41, 5.74) is 1.12. The summed E-state index contributed by atoms with van der Waals surface area (Å²) in [4.78, 5) is 0. The Hall–Kier alpha value is -1.72. The van der Waals surface area contributed by atoms with Gasteiger partial charge >= 0.3 is 0 Å². The maximum absolute atomic E-state index is 14.1. The van der Waals surface area contributed by atoms with Gasteiger partial charge in [0.15, 0.2) is 5.82 Å². The van der Waals surface area contributed by atoms with Crippen LogP contribution in [0.25, 0.3) is 17.1 Å². The van der Waals surface area contributed by atoms with Gasteiger partial charge < -0.3 is 0 Å². The molecule has 0 N–H and O–H groups in total. The molecule has 0 amide bonds. The molecule has 0 atom stereocenters. The van der Waals surface area contributed by atoms with Crippen LogP contribution >= 0.6 is 27.5 Å². The summed E-state index contributed by atoms with van der Waals surface area (Å²) in [7, 11) is 0. The fourth-order valence-corrected chi connectivity index (χ4v) is 2.46. The summed E-state index contributed by atoms with van der Waals surface area (Å²) in [5.74, 6) is 0.0927. The third-order valence-corrected chi connectivity index (χ3v) is 3.54. The summed E-state index contributed by atoms with van der Waals surface area (Å²) >= 11 is 9.28. The fraction of sp³-hybridized carbons (Fsp3) is 0. The van der Waals surface area contributed by atoms with Crippen molar-refractivity contribution in [3.63, 3.8) is 0 Å². The molecule has 0 radical (unpaired) electrons. The van der Waals surface area contributed by atoms with E-state index in [4.69, 9.17) is 11.6 Å². The van der Waals surface area contributed by atoms with Crippen molar-refractivity contribution < 1.29 is 4.39 Å². The number of aromatic nitrogens is 3. The summed E-state index contributed by atoms with van der Waals surface area (Å²) in [5, 5.41) is 7.98. The second-order valence-electron chi connectivity index (χ2n) is 4.09. The maximum Gasteiger partial charge on any atom is 0.230 e. The van der Waals surface area contributed by atoms with Crippen molar-refractivity contribution in [1.29, 1.82) is 0 Å². The largest absolute Gasteiger partial charge is 0.263 e. The normalized spacial score (nSPS) is 10.8. The molecule has 1 aromatic heterocycles. The van der Waals surface area contributed by atoms with E-state index in [1.54, 1.807) is 12.1 Å². The van der Waals surface area contributed by atoms with E-state index in [0.717, 1.165) is 5.56 Å². The predicted octanol–water partition coefficient (Wildman–Crippen LogP) is 4.49. The van der Waals surface area contributed by atoms with Gasteiger partial charge in [0.1, 0.15) is 5.82 Å². The van der Waals surface area contributed by atoms with Gasteiger partial charge in [0.25, 0.3) is 0 Å². The molecule has 2 aromatic carbocycles. The molecule has 0 unspecified atom stereocenters. The van der Waals surface area contributed by atoms with Gasteiger partial charge in [-0.15, -0.1) is 10.2 Å². The summed E-state index contributed by atoms with van der Waals surface area (Å²) in [6.45, 7) is 0. The van der Waals surface area contributed by atoms with Gasteiger partial charge in [-0.2, -0.15) is 0 Å². The molecule has 3 rings (SSSR count). The van der Waals surface area contributed by atoms with Gasteiger partial charge in [0.2, 0.25) is 5.28 Å². The van der Waals surface area contributed by atoms with Crippen LogP contribution in [0, 0.1) is 5.82 Å². The van der Waals surface area contributed by atoms with Crippen LogP contribution in [0.4, 0.5) is 4.39 Å². The van der Waals surface area contributed by atoms with Crippen molar-refractivity contribution in [3.05, 3.63) is 64.1 Å². The minimum Gasteiger partial charge on any atom is -0.263 e. The highest BCUT2D eigenvalue weighted by molar-refractivity contribution is 9.10. The second-order valence-corrected chi connectivity index (χ2v) is 5.34. The molecule has 0 aliphatic carbocycles. The Balaban J connectivity index is 2.22. The first-order valence-corrected chi connectivity index (χ1v) is 6.95. The van der Waals surface area contributed by atoms with E-state index in [1.165, 1.54) is 10.6 Å². The zero-order valence-corrected chi connectivity index (χ0v) is 12.4. The van der Waals surface area contributed by atoms with Crippen LogP contribution < -0.4 is 0 Å². The Morgan fingerprint density at radius 1 is 1.05 bits per heavy atom. The first-order valence-electron chi connectivity index (χ1n) is 5.78. The van der Waals surface area contributed by atoms with E-state index in [9.17, 15) is 4.39 Å². The highest BCUT2D eigenvalue weighted by Crippen LogP contribution is 2.27. The molecule has 3 aromatic rings. The van der Waals surface area contributed by atoms with E-state index >= 15 is 0 Å². The minimum atomic E-state index is -0.404. The lowest BCUT2D eigenvalue weighted by Gasteiger charge is -2.09. The molecule has 0 aliphatic rings. The lowest BCUT2D eigenvalue weighted by molar-refractivity contribution is 0.617. The number of hydrogen-bond acceptors (Lipinski definition) is 2. The number of rotatable bonds is 2. The molecule has 20 heavy (non-hydrogen) atoms. The summed E-state index contributed by atoms with van der Waals surface area (Å²) < 4.78 is 16.3. The molecule has 6 heteroatoms. The Bertz CT molecular complexity index is 758. The Kier molecular flexibility index (Phi) is 3.54. The zero-order chi connectivity index (χ0) is 14.1. The topological polar surface area (TPSA) is 30.7 Å². The number of nitrogens with zero attached hydrogens (tertiary/aromatic N) is 3. The molecule has 0 saturated heterocycles. The highest BCUT2D eigenvalue weighted by atomic mass is 79.9. The van der Waals surface area contributed by atoms with Crippen LogP contribution in [-0.4, -0.2) is 14.8 Å². The predicted molar refractivity (Wildman–Crippen MR) is 79.5 cm³/mol. The molecular formula is C14H8BrClFN3. The van der Waals surface area contributed by atoms with E-state index in [0.29, 0.717) is 16.0 Å². The number of halogens is 3. The van der Waals surface area contributed by atoms with Crippen molar-refractivity contribution >= 4 is 27.5 Å². The maximum atomic E-state index is 14.1. The third-order valence-electron chi connectivity index (χ3n) is 2.81. The van der Waals surface area contributed by atoms with E-state index in [1.807, 2.05) is 30.3 Å². The van der Waals surface area contributed by atoms with Crippen molar-refractivity contribution in [2.75, 3.05) is 0 Å². The summed E-state index contributed by atoms with van der Waals surface area (Å²) in [6, 6.07) is 14.1. The molecule has 1 heterocycles. The molecule has 0 spiro atoms. The van der Waals surface area contributed by atoms with Crippen LogP contribution in [0.1, 0.15) is 0 Å². The first kappa shape index (κ1) is 13.3. The average molecular weight is 353 g/mol. The standard InChI is InChI=1S/C14H8BrClFN3/c15-10-6-7-12(11(17)8-10)20-13(18-19-14(20)16)9-4-2-1-3-5-9/h1-8H. The Labute approximate surface area is 128 Å². The lowest BCUT2D eigenvalue weighted by Crippen LogP contribution is -2.00. The van der Waals surface area contributed by atoms with E-state index in [-0.39, 0.29) is 5.28 Å². The molecule has 0 aliphatic heterocycles. The van der Waals surface area contributed by atoms with Gasteiger partial charge in [-0.05, 0) is 29.8 Å². The molecular weight excluding hydrogens is 345 g/mol. The van der Waals surface area contributed by atoms with Crippen LogP contribution in [0.2, 0.25) is 5.28 Å². The molecule has 0 bridgehead atoms. The van der Waals surface area contributed by atoms with Crippen molar-refractivity contribution in [1.82, 2.24) is 14.8 Å². The minimum absolute atomic E-state index is 0.116. The van der Waals surface area contributed by atoms with E-state index < -0.39 is 5.82 Å². The lowest BCUT2D eigenvalue weighted by atomic mass is 10.2. The fourth-order valence-electron chi connectivity index (χ4n) is 1.92. The highest BCUT2D eigenvalue weighted by Gasteiger charge is 2.16. The van der Waals surface area contributed by atoms with Crippen LogP contribution in [0.3, 0.4) is 0 Å². The van der Waals surface area contributed by atoms with Gasteiger partial charge in [-0.1, -0.05) is 46.3 Å². The third kappa shape index (κ3) is 2.34. The van der Waals surface area contributed by atoms with Gasteiger partial charge in [0.05, 0.1) is 5.69 Å². The van der Waals surface area contributed by atoms with Gasteiger partial charge in [-0.3, -0.25) is 4.57 Å². The smallest absolute Gasteiger partial charge is 0.230 e. The van der Waals surface area contributed by atoms with Crippen LogP contribution in [-0.2, 0) is 0 Å². The average Bonchev–Trinajstić information content (AvgIpc) is 2.82. The van der Waals surface area contributed by atoms with E-state index in [2.05, 4.69) is 26.1 Å². The quantitative estimate of drug-likeness (QED) is 0.680. The van der Waals surface area contributed by atoms with Crippen molar-refractivity contribution in [2.24, 2.45) is 0 Å². The Morgan fingerprint density at radius 2 is 1.80 bits per heavy atom. The molecule has 0 saturated carbocycles. The van der Waals surface area contributed by atoms with Crippen LogP contribution in [0.5, 0.6) is 0 Å². The molecule has 3 nitrogen and oxygen atoms in total. The second kappa shape index (κ2) is 5.34. The van der Waals surface area contributed by atoms with Crippen molar-refractivity contribution in [2.45, 2.75) is 0 Å². The van der Waals surface area contributed by atoms with Crippen LogP contribution in [0.15, 0.2) is 53.0 Å². The summed E-state index contributed by atoms with van der Waals surface area (Å²) in [6.07, 6.45) is 0. The zero-order valence-electron chi connectivity index (χ0n) is 10.1. The first-order chi connectivity index (χ1) is 9.66. The molecule has 0 fully saturated rings. The van der Waals surface area contributed by atoms with Crippen molar-refractivity contribution in [3.8, 4) is 17.1 Å². The monoisotopic (exact) mass is 351 g/mol. The van der Waals surface area contributed by atoms with Gasteiger partial charge in [0, 0.05) is 10.0 Å². The SMILES string of the molecule is Fc1cc(Br)ccc1-n1c(Cl)nnc1-c1ccccc1. The number of hydrogen-bond donors (Lipinski definition) is 0.